The number of hydrogen-bond donors (Lipinski definition) is 1. The van der Waals surface area contributed by atoms with E-state index in [0.717, 1.165) is 43.9 Å². The van der Waals surface area contributed by atoms with Crippen LogP contribution in [0.4, 0.5) is 18.9 Å². The topological polar surface area (TPSA) is 54.9 Å². The summed E-state index contributed by atoms with van der Waals surface area (Å²) < 4.78 is 39.0. The number of rotatable bonds is 4. The highest BCUT2D eigenvalue weighted by Gasteiger charge is 2.30. The van der Waals surface area contributed by atoms with Gasteiger partial charge in [0, 0.05) is 27.1 Å². The fraction of sp³-hybridized carbons (Fsp3) is 0.0741. The van der Waals surface area contributed by atoms with Crippen molar-refractivity contribution in [3.63, 3.8) is 0 Å². The molecule has 174 valence electrons. The van der Waals surface area contributed by atoms with Crippen LogP contribution in [-0.2, 0) is 6.18 Å². The van der Waals surface area contributed by atoms with Gasteiger partial charge in [-0.15, -0.1) is 11.3 Å². The number of hydrogen-bond acceptors (Lipinski definition) is 4. The number of amides is 1. The summed E-state index contributed by atoms with van der Waals surface area (Å²) >= 11 is 1.57. The van der Waals surface area contributed by atoms with Crippen LogP contribution in [0.5, 0.6) is 0 Å². The zero-order valence-electron chi connectivity index (χ0n) is 18.4. The maximum Gasteiger partial charge on any atom is 0.416 e. The SMILES string of the molecule is Cc1cccc(-c2cc3c(-c4cccc(NC(=O)c5cccc(C(F)(F)F)c5)c4)ncnc3s2)c1. The van der Waals surface area contributed by atoms with Crippen molar-refractivity contribution in [2.45, 2.75) is 13.1 Å². The Bertz CT molecular complexity index is 1560. The number of fused-ring (bicyclic) bond motifs is 1. The Morgan fingerprint density at radius 2 is 1.66 bits per heavy atom. The van der Waals surface area contributed by atoms with Crippen LogP contribution in [-0.4, -0.2) is 15.9 Å². The lowest BCUT2D eigenvalue weighted by Crippen LogP contribution is -2.14. The number of anilines is 1. The predicted octanol–water partition coefficient (Wildman–Crippen LogP) is 7.60. The summed E-state index contributed by atoms with van der Waals surface area (Å²) in [5.74, 6) is -0.627. The molecule has 0 bridgehead atoms. The first kappa shape index (κ1) is 22.7. The monoisotopic (exact) mass is 489 g/mol. The van der Waals surface area contributed by atoms with Gasteiger partial charge in [0.25, 0.3) is 5.91 Å². The maximum absolute atomic E-state index is 13.0. The van der Waals surface area contributed by atoms with Gasteiger partial charge in [-0.2, -0.15) is 13.2 Å². The third kappa shape index (κ3) is 4.79. The number of benzene rings is 3. The molecule has 5 aromatic rings. The fourth-order valence-corrected chi connectivity index (χ4v) is 4.81. The van der Waals surface area contributed by atoms with Gasteiger partial charge in [-0.3, -0.25) is 4.79 Å². The van der Waals surface area contributed by atoms with Gasteiger partial charge in [0.05, 0.1) is 11.3 Å². The summed E-state index contributed by atoms with van der Waals surface area (Å²) in [5, 5.41) is 3.57. The molecular weight excluding hydrogens is 471 g/mol. The lowest BCUT2D eigenvalue weighted by atomic mass is 10.1. The van der Waals surface area contributed by atoms with E-state index < -0.39 is 17.6 Å². The average Bonchev–Trinajstić information content (AvgIpc) is 3.28. The van der Waals surface area contributed by atoms with Crippen LogP contribution in [0.25, 0.3) is 31.9 Å². The van der Waals surface area contributed by atoms with Crippen LogP contribution in [0.2, 0.25) is 0 Å². The lowest BCUT2D eigenvalue weighted by molar-refractivity contribution is -0.137. The van der Waals surface area contributed by atoms with E-state index in [-0.39, 0.29) is 5.56 Å². The van der Waals surface area contributed by atoms with Gasteiger partial charge in [-0.25, -0.2) is 9.97 Å². The van der Waals surface area contributed by atoms with Gasteiger partial charge in [0.15, 0.2) is 0 Å². The first-order chi connectivity index (χ1) is 16.8. The molecule has 0 atom stereocenters. The highest BCUT2D eigenvalue weighted by molar-refractivity contribution is 7.21. The van der Waals surface area contributed by atoms with E-state index in [1.54, 1.807) is 29.5 Å². The van der Waals surface area contributed by atoms with Gasteiger partial charge in [-0.05, 0) is 48.9 Å². The Hall–Kier alpha value is -4.04. The van der Waals surface area contributed by atoms with Crippen molar-refractivity contribution in [1.29, 1.82) is 0 Å². The Morgan fingerprint density at radius 3 is 2.46 bits per heavy atom. The zero-order chi connectivity index (χ0) is 24.6. The highest BCUT2D eigenvalue weighted by atomic mass is 32.1. The molecule has 0 aliphatic rings. The molecule has 2 heterocycles. The summed E-state index contributed by atoms with van der Waals surface area (Å²) in [7, 11) is 0. The molecule has 3 aromatic carbocycles. The molecule has 8 heteroatoms. The molecule has 0 spiro atoms. The molecule has 35 heavy (non-hydrogen) atoms. The molecule has 2 aromatic heterocycles. The van der Waals surface area contributed by atoms with Crippen LogP contribution in [0.15, 0.2) is 85.2 Å². The largest absolute Gasteiger partial charge is 0.416 e. The minimum Gasteiger partial charge on any atom is -0.322 e. The van der Waals surface area contributed by atoms with Gasteiger partial charge in [0.1, 0.15) is 11.2 Å². The number of aromatic nitrogens is 2. The number of alkyl halides is 3. The zero-order valence-corrected chi connectivity index (χ0v) is 19.2. The van der Waals surface area contributed by atoms with Crippen LogP contribution >= 0.6 is 11.3 Å². The molecule has 1 amide bonds. The number of nitrogens with one attached hydrogen (secondary N) is 1. The maximum atomic E-state index is 13.0. The van der Waals surface area contributed by atoms with Crippen LogP contribution in [0, 0.1) is 6.92 Å². The first-order valence-electron chi connectivity index (χ1n) is 10.7. The smallest absolute Gasteiger partial charge is 0.322 e. The van der Waals surface area contributed by atoms with Crippen molar-refractivity contribution in [3.8, 4) is 21.7 Å². The highest BCUT2D eigenvalue weighted by Crippen LogP contribution is 2.37. The van der Waals surface area contributed by atoms with Gasteiger partial charge < -0.3 is 5.32 Å². The molecule has 0 aliphatic carbocycles. The normalized spacial score (nSPS) is 11.5. The van der Waals surface area contributed by atoms with E-state index in [2.05, 4.69) is 33.5 Å². The molecule has 0 saturated heterocycles. The fourth-order valence-electron chi connectivity index (χ4n) is 3.81. The number of nitrogens with zero attached hydrogens (tertiary/aromatic N) is 2. The number of halogens is 3. The number of carbonyl (C=O) groups excluding carboxylic acids is 1. The number of aryl methyl sites for hydroxylation is 1. The van der Waals surface area contributed by atoms with Crippen LogP contribution in [0.3, 0.4) is 0 Å². The Morgan fingerprint density at radius 1 is 0.886 bits per heavy atom. The third-order valence-electron chi connectivity index (χ3n) is 5.48. The minimum absolute atomic E-state index is 0.0738. The molecule has 0 radical (unpaired) electrons. The second-order valence-electron chi connectivity index (χ2n) is 8.03. The Labute approximate surface area is 203 Å². The van der Waals surface area contributed by atoms with Crippen molar-refractivity contribution in [3.05, 3.63) is 102 Å². The standard InChI is InChI=1S/C27H18F3N3OS/c1-16-5-2-6-17(11-16)23-14-22-24(31-15-32-26(22)35-23)18-7-4-10-21(13-18)33-25(34)19-8-3-9-20(12-19)27(28,29)30/h2-15H,1H3,(H,33,34). The lowest BCUT2D eigenvalue weighted by Gasteiger charge is -2.10. The molecule has 0 fully saturated rings. The van der Waals surface area contributed by atoms with Gasteiger partial charge >= 0.3 is 6.18 Å². The van der Waals surface area contributed by atoms with Crippen molar-refractivity contribution in [2.24, 2.45) is 0 Å². The van der Waals surface area contributed by atoms with Crippen molar-refractivity contribution in [2.75, 3.05) is 5.32 Å². The molecule has 1 N–H and O–H groups in total. The van der Waals surface area contributed by atoms with Crippen molar-refractivity contribution < 1.29 is 18.0 Å². The summed E-state index contributed by atoms with van der Waals surface area (Å²) in [4.78, 5) is 23.4. The molecule has 0 saturated carbocycles. The van der Waals surface area contributed by atoms with Crippen LogP contribution in [0.1, 0.15) is 21.5 Å². The van der Waals surface area contributed by atoms with Crippen molar-refractivity contribution >= 4 is 33.1 Å². The summed E-state index contributed by atoms with van der Waals surface area (Å²) in [6.45, 7) is 2.04. The first-order valence-corrected chi connectivity index (χ1v) is 11.5. The van der Waals surface area contributed by atoms with Gasteiger partial charge in [0.2, 0.25) is 0 Å². The second kappa shape index (κ2) is 8.96. The van der Waals surface area contributed by atoms with Crippen molar-refractivity contribution in [1.82, 2.24) is 9.97 Å². The quantitative estimate of drug-likeness (QED) is 0.283. The molecule has 0 unspecified atom stereocenters. The van der Waals surface area contributed by atoms with E-state index in [9.17, 15) is 18.0 Å². The number of thiophene rings is 1. The van der Waals surface area contributed by atoms with E-state index >= 15 is 0 Å². The van der Waals surface area contributed by atoms with E-state index in [0.29, 0.717) is 11.4 Å². The molecule has 5 rings (SSSR count). The summed E-state index contributed by atoms with van der Waals surface area (Å²) in [6, 6.07) is 21.7. The Balaban J connectivity index is 1.46. The third-order valence-corrected chi connectivity index (χ3v) is 6.57. The summed E-state index contributed by atoms with van der Waals surface area (Å²) in [6.07, 6.45) is -3.02. The molecular formula is C27H18F3N3OS. The van der Waals surface area contributed by atoms with Gasteiger partial charge in [-0.1, -0.05) is 48.0 Å². The number of carbonyl (C=O) groups is 1. The predicted molar refractivity (Wildman–Crippen MR) is 132 cm³/mol. The summed E-state index contributed by atoms with van der Waals surface area (Å²) in [5.41, 5.74) is 3.23. The van der Waals surface area contributed by atoms with E-state index in [1.807, 2.05) is 25.1 Å². The van der Waals surface area contributed by atoms with E-state index in [4.69, 9.17) is 0 Å². The Kier molecular flexibility index (Phi) is 5.82. The van der Waals surface area contributed by atoms with E-state index in [1.165, 1.54) is 18.5 Å². The average molecular weight is 490 g/mol. The second-order valence-corrected chi connectivity index (χ2v) is 9.07. The molecule has 0 aliphatic heterocycles. The minimum atomic E-state index is -4.52. The molecule has 4 nitrogen and oxygen atoms in total. The van der Waals surface area contributed by atoms with Crippen LogP contribution < -0.4 is 5.32 Å².